The standard InChI is InChI=1S/C48H31N3/c1-3-15-32(16-4-1)33-27-29-34(30-28-33)45-49-46(42-31-35-17-7-8-20-37(35)38-21-9-10-22-39(38)42)51-47(50-45)48(36-18-5-2-6-19-36)43-25-13-11-23-40(43)41-24-12-14-26-44(41)48/h1-31H. The molecule has 0 fully saturated rings. The minimum atomic E-state index is -0.766. The van der Waals surface area contributed by atoms with Crippen LogP contribution in [0.2, 0.25) is 0 Å². The van der Waals surface area contributed by atoms with E-state index in [0.717, 1.165) is 33.0 Å². The van der Waals surface area contributed by atoms with Crippen molar-refractivity contribution < 1.29 is 0 Å². The van der Waals surface area contributed by atoms with Crippen molar-refractivity contribution in [2.45, 2.75) is 5.41 Å². The van der Waals surface area contributed by atoms with E-state index < -0.39 is 5.41 Å². The largest absolute Gasteiger partial charge is 0.211 e. The molecule has 51 heavy (non-hydrogen) atoms. The van der Waals surface area contributed by atoms with E-state index in [1.165, 1.54) is 38.6 Å². The van der Waals surface area contributed by atoms with Gasteiger partial charge < -0.3 is 0 Å². The topological polar surface area (TPSA) is 38.7 Å². The maximum Gasteiger partial charge on any atom is 0.164 e. The molecule has 0 aliphatic heterocycles. The molecule has 1 aromatic heterocycles. The van der Waals surface area contributed by atoms with Gasteiger partial charge in [0.15, 0.2) is 17.5 Å². The lowest BCUT2D eigenvalue weighted by atomic mass is 9.71. The number of rotatable bonds is 5. The van der Waals surface area contributed by atoms with Crippen LogP contribution < -0.4 is 0 Å². The molecule has 1 heterocycles. The first kappa shape index (κ1) is 29.2. The van der Waals surface area contributed by atoms with Gasteiger partial charge in [-0.2, -0.15) is 0 Å². The molecule has 0 unspecified atom stereocenters. The van der Waals surface area contributed by atoms with Crippen molar-refractivity contribution >= 4 is 21.5 Å². The fourth-order valence-corrected chi connectivity index (χ4v) is 8.08. The van der Waals surface area contributed by atoms with Crippen LogP contribution in [0.25, 0.3) is 66.6 Å². The van der Waals surface area contributed by atoms with E-state index in [4.69, 9.17) is 15.0 Å². The zero-order valence-corrected chi connectivity index (χ0v) is 27.7. The second-order valence-corrected chi connectivity index (χ2v) is 13.1. The van der Waals surface area contributed by atoms with Gasteiger partial charge in [0.1, 0.15) is 5.41 Å². The molecule has 9 aromatic rings. The van der Waals surface area contributed by atoms with Crippen molar-refractivity contribution in [3.8, 4) is 45.0 Å². The van der Waals surface area contributed by atoms with Gasteiger partial charge >= 0.3 is 0 Å². The molecule has 0 radical (unpaired) electrons. The lowest BCUT2D eigenvalue weighted by Crippen LogP contribution is -2.31. The Morgan fingerprint density at radius 3 is 1.55 bits per heavy atom. The Hall–Kier alpha value is -6.71. The van der Waals surface area contributed by atoms with Crippen LogP contribution in [0.15, 0.2) is 188 Å². The molecular formula is C48H31N3. The van der Waals surface area contributed by atoms with Gasteiger partial charge in [-0.05, 0) is 66.6 Å². The number of nitrogens with zero attached hydrogens (tertiary/aromatic N) is 3. The maximum atomic E-state index is 5.56. The van der Waals surface area contributed by atoms with Crippen LogP contribution in [0.4, 0.5) is 0 Å². The molecule has 0 bridgehead atoms. The molecule has 0 saturated heterocycles. The van der Waals surface area contributed by atoms with E-state index in [1.807, 2.05) is 6.07 Å². The lowest BCUT2D eigenvalue weighted by Gasteiger charge is -2.32. The highest BCUT2D eigenvalue weighted by Gasteiger charge is 2.48. The summed E-state index contributed by atoms with van der Waals surface area (Å²) in [5.74, 6) is 2.00. The van der Waals surface area contributed by atoms with Crippen molar-refractivity contribution in [1.29, 1.82) is 0 Å². The Labute approximate surface area is 296 Å². The van der Waals surface area contributed by atoms with Crippen LogP contribution in [0.5, 0.6) is 0 Å². The van der Waals surface area contributed by atoms with Gasteiger partial charge in [0.25, 0.3) is 0 Å². The number of aromatic nitrogens is 3. The molecule has 0 spiro atoms. The fraction of sp³-hybridized carbons (Fsp3) is 0.0208. The first-order valence-electron chi connectivity index (χ1n) is 17.4. The van der Waals surface area contributed by atoms with E-state index in [2.05, 4.69) is 182 Å². The molecule has 0 atom stereocenters. The summed E-state index contributed by atoms with van der Waals surface area (Å²) in [6.07, 6.45) is 0. The zero-order valence-electron chi connectivity index (χ0n) is 27.7. The van der Waals surface area contributed by atoms with Gasteiger partial charge in [0.2, 0.25) is 0 Å². The SMILES string of the molecule is c1ccc(-c2ccc(-c3nc(-c4cc5ccccc5c5ccccc45)nc(C4(c5ccccc5)c5ccccc5-c5ccccc54)n3)cc2)cc1. The highest BCUT2D eigenvalue weighted by Crippen LogP contribution is 2.55. The number of fused-ring (bicyclic) bond motifs is 6. The first-order valence-corrected chi connectivity index (χ1v) is 17.4. The monoisotopic (exact) mass is 649 g/mol. The normalized spacial score (nSPS) is 12.9. The second kappa shape index (κ2) is 11.7. The number of benzene rings is 8. The molecule has 3 heteroatoms. The summed E-state index contributed by atoms with van der Waals surface area (Å²) in [5, 5.41) is 4.65. The van der Waals surface area contributed by atoms with Crippen molar-refractivity contribution in [2.75, 3.05) is 0 Å². The molecule has 1 aliphatic rings. The van der Waals surface area contributed by atoms with Crippen LogP contribution >= 0.6 is 0 Å². The van der Waals surface area contributed by atoms with Crippen LogP contribution in [-0.2, 0) is 5.41 Å². The average molecular weight is 650 g/mol. The molecule has 3 nitrogen and oxygen atoms in total. The van der Waals surface area contributed by atoms with E-state index in [9.17, 15) is 0 Å². The predicted molar refractivity (Wildman–Crippen MR) is 208 cm³/mol. The molecule has 0 saturated carbocycles. The van der Waals surface area contributed by atoms with Crippen LogP contribution in [-0.4, -0.2) is 15.0 Å². The molecule has 0 amide bonds. The zero-order chi connectivity index (χ0) is 33.8. The Morgan fingerprint density at radius 2 is 0.843 bits per heavy atom. The second-order valence-electron chi connectivity index (χ2n) is 13.1. The molecule has 10 rings (SSSR count). The van der Waals surface area contributed by atoms with E-state index in [0.29, 0.717) is 17.5 Å². The van der Waals surface area contributed by atoms with Gasteiger partial charge in [0, 0.05) is 11.1 Å². The number of hydrogen-bond donors (Lipinski definition) is 0. The lowest BCUT2D eigenvalue weighted by molar-refractivity contribution is 0.692. The van der Waals surface area contributed by atoms with Crippen molar-refractivity contribution in [3.05, 3.63) is 211 Å². The van der Waals surface area contributed by atoms with Crippen LogP contribution in [0.3, 0.4) is 0 Å². The summed E-state index contributed by atoms with van der Waals surface area (Å²) < 4.78 is 0. The summed E-state index contributed by atoms with van der Waals surface area (Å²) >= 11 is 0. The minimum Gasteiger partial charge on any atom is -0.211 e. The third-order valence-electron chi connectivity index (χ3n) is 10.4. The molecular weight excluding hydrogens is 619 g/mol. The van der Waals surface area contributed by atoms with Crippen LogP contribution in [0.1, 0.15) is 22.5 Å². The Bertz CT molecular complexity index is 2690. The smallest absolute Gasteiger partial charge is 0.164 e. The summed E-state index contributed by atoms with van der Waals surface area (Å²) in [5.41, 5.74) is 9.33. The highest BCUT2D eigenvalue weighted by atomic mass is 15.0. The molecule has 0 N–H and O–H groups in total. The third-order valence-corrected chi connectivity index (χ3v) is 10.4. The molecule has 8 aromatic carbocycles. The van der Waals surface area contributed by atoms with Gasteiger partial charge in [-0.1, -0.05) is 182 Å². The summed E-state index contributed by atoms with van der Waals surface area (Å²) in [4.78, 5) is 16.4. The minimum absolute atomic E-state index is 0.643. The summed E-state index contributed by atoms with van der Waals surface area (Å²) in [6.45, 7) is 0. The van der Waals surface area contributed by atoms with Gasteiger partial charge in [0.05, 0.1) is 0 Å². The Morgan fingerprint density at radius 1 is 0.333 bits per heavy atom. The van der Waals surface area contributed by atoms with E-state index in [1.54, 1.807) is 0 Å². The summed E-state index contributed by atoms with van der Waals surface area (Å²) in [6, 6.07) is 66.6. The van der Waals surface area contributed by atoms with E-state index >= 15 is 0 Å². The quantitative estimate of drug-likeness (QED) is 0.174. The molecule has 1 aliphatic carbocycles. The van der Waals surface area contributed by atoms with Gasteiger partial charge in [-0.25, -0.2) is 15.0 Å². The number of hydrogen-bond acceptors (Lipinski definition) is 3. The van der Waals surface area contributed by atoms with Gasteiger partial charge in [-0.3, -0.25) is 0 Å². The Kier molecular flexibility index (Phi) is 6.71. The first-order chi connectivity index (χ1) is 25.3. The Balaban J connectivity index is 1.30. The molecule has 238 valence electrons. The van der Waals surface area contributed by atoms with Crippen molar-refractivity contribution in [2.24, 2.45) is 0 Å². The summed E-state index contributed by atoms with van der Waals surface area (Å²) in [7, 11) is 0. The predicted octanol–water partition coefficient (Wildman–Crippen LogP) is 11.5. The van der Waals surface area contributed by atoms with Gasteiger partial charge in [-0.15, -0.1) is 0 Å². The average Bonchev–Trinajstić information content (AvgIpc) is 3.52. The van der Waals surface area contributed by atoms with Crippen molar-refractivity contribution in [1.82, 2.24) is 15.0 Å². The van der Waals surface area contributed by atoms with E-state index in [-0.39, 0.29) is 0 Å². The maximum absolute atomic E-state index is 5.56. The van der Waals surface area contributed by atoms with Crippen molar-refractivity contribution in [3.63, 3.8) is 0 Å². The third kappa shape index (κ3) is 4.56. The van der Waals surface area contributed by atoms with Crippen LogP contribution in [0, 0.1) is 0 Å². The fourth-order valence-electron chi connectivity index (χ4n) is 8.08. The highest BCUT2D eigenvalue weighted by molar-refractivity contribution is 6.13.